The van der Waals surface area contributed by atoms with Crippen molar-refractivity contribution in [2.45, 2.75) is 143 Å². The maximum absolute atomic E-state index is 2.51. The van der Waals surface area contributed by atoms with E-state index in [1.54, 1.807) is 0 Å². The van der Waals surface area contributed by atoms with Gasteiger partial charge in [0.05, 0.1) is 13.1 Å². The summed E-state index contributed by atoms with van der Waals surface area (Å²) in [5, 5.41) is 0. The van der Waals surface area contributed by atoms with Crippen LogP contribution in [0.1, 0.15) is 129 Å². The summed E-state index contributed by atoms with van der Waals surface area (Å²) in [6.45, 7) is 9.30. The van der Waals surface area contributed by atoms with E-state index in [2.05, 4.69) is 42.3 Å². The third-order valence-electron chi connectivity index (χ3n) is 5.91. The molecule has 0 aliphatic rings. The lowest BCUT2D eigenvalue weighted by molar-refractivity contribution is -0.704. The third kappa shape index (κ3) is 11.6. The molecule has 158 valence electrons. The molecule has 0 radical (unpaired) electrons. The maximum atomic E-state index is 2.51. The van der Waals surface area contributed by atoms with Gasteiger partial charge in [0.1, 0.15) is 12.4 Å². The summed E-state index contributed by atoms with van der Waals surface area (Å²) in [4.78, 5) is 0. The van der Waals surface area contributed by atoms with Crippen molar-refractivity contribution in [3.05, 3.63) is 18.2 Å². The van der Waals surface area contributed by atoms with Crippen LogP contribution in [0.4, 0.5) is 0 Å². The summed E-state index contributed by atoms with van der Waals surface area (Å²) in [6.07, 6.45) is 28.3. The smallest absolute Gasteiger partial charge is 0.234 e. The van der Waals surface area contributed by atoms with Crippen molar-refractivity contribution < 1.29 is 4.57 Å². The van der Waals surface area contributed by atoms with Crippen LogP contribution >= 0.6 is 0 Å². The number of aryl methyl sites for hydroxylation is 2. The van der Waals surface area contributed by atoms with Crippen LogP contribution in [0.15, 0.2) is 12.4 Å². The maximum Gasteiger partial charge on any atom is 0.256 e. The molecule has 1 aromatic rings. The van der Waals surface area contributed by atoms with E-state index in [0.29, 0.717) is 0 Å². The molecule has 0 saturated carbocycles. The Balaban J connectivity index is 2.05. The van der Waals surface area contributed by atoms with Crippen molar-refractivity contribution in [2.75, 3.05) is 0 Å². The van der Waals surface area contributed by atoms with Gasteiger partial charge >= 0.3 is 0 Å². The Kier molecular flexibility index (Phi) is 15.6. The molecule has 2 heteroatoms. The van der Waals surface area contributed by atoms with Crippen LogP contribution in [-0.4, -0.2) is 4.57 Å². The fourth-order valence-electron chi connectivity index (χ4n) is 4.14. The zero-order valence-electron chi connectivity index (χ0n) is 19.0. The van der Waals surface area contributed by atoms with Crippen molar-refractivity contribution in [1.82, 2.24) is 4.57 Å². The van der Waals surface area contributed by atoms with E-state index in [1.807, 2.05) is 0 Å². The molecule has 0 N–H and O–H groups in total. The first-order valence-electron chi connectivity index (χ1n) is 12.4. The van der Waals surface area contributed by atoms with Crippen LogP contribution < -0.4 is 4.57 Å². The van der Waals surface area contributed by atoms with E-state index in [4.69, 9.17) is 0 Å². The highest BCUT2D eigenvalue weighted by Crippen LogP contribution is 2.12. The average molecular weight is 378 g/mol. The van der Waals surface area contributed by atoms with Crippen molar-refractivity contribution in [3.8, 4) is 0 Å². The predicted molar refractivity (Wildman–Crippen MR) is 119 cm³/mol. The molecule has 0 aromatic carbocycles. The fourth-order valence-corrected chi connectivity index (χ4v) is 4.14. The van der Waals surface area contributed by atoms with Crippen LogP contribution in [0.2, 0.25) is 0 Å². The van der Waals surface area contributed by atoms with Gasteiger partial charge in [0.2, 0.25) is 0 Å². The SMILES string of the molecule is CCCCCCCCCCCCCCn1cc[n+](CCCCCC)c1CC. The second kappa shape index (κ2) is 17.3. The molecule has 1 heterocycles. The number of unbranched alkanes of at least 4 members (excludes halogenated alkanes) is 14. The third-order valence-corrected chi connectivity index (χ3v) is 5.91. The van der Waals surface area contributed by atoms with Crippen molar-refractivity contribution in [3.63, 3.8) is 0 Å². The van der Waals surface area contributed by atoms with Gasteiger partial charge in [0, 0.05) is 6.42 Å². The first kappa shape index (κ1) is 24.2. The number of aromatic nitrogens is 2. The number of hydrogen-bond acceptors (Lipinski definition) is 0. The zero-order chi connectivity index (χ0) is 19.6. The lowest BCUT2D eigenvalue weighted by Gasteiger charge is -2.05. The standard InChI is InChI=1S/C25H49N2/c1-4-7-9-11-12-13-14-15-16-17-18-20-22-27-24-23-26(25(27)6-3)21-19-10-8-5-2/h23-24H,4-22H2,1-3H3/q+1. The minimum absolute atomic E-state index is 1.15. The van der Waals surface area contributed by atoms with E-state index >= 15 is 0 Å². The van der Waals surface area contributed by atoms with Gasteiger partial charge in [-0.25, -0.2) is 9.13 Å². The summed E-state index contributed by atoms with van der Waals surface area (Å²) < 4.78 is 5.01. The van der Waals surface area contributed by atoms with Crippen LogP contribution in [0.3, 0.4) is 0 Å². The molecule has 0 amide bonds. The molecule has 27 heavy (non-hydrogen) atoms. The molecular weight excluding hydrogens is 328 g/mol. The second-order valence-corrected chi connectivity index (χ2v) is 8.40. The first-order valence-corrected chi connectivity index (χ1v) is 12.4. The number of imidazole rings is 1. The summed E-state index contributed by atoms with van der Waals surface area (Å²) in [5.74, 6) is 1.52. The molecule has 1 rings (SSSR count). The minimum Gasteiger partial charge on any atom is -0.234 e. The summed E-state index contributed by atoms with van der Waals surface area (Å²) in [7, 11) is 0. The van der Waals surface area contributed by atoms with Crippen LogP contribution in [0, 0.1) is 0 Å². The molecule has 0 fully saturated rings. The van der Waals surface area contributed by atoms with E-state index in [-0.39, 0.29) is 0 Å². The van der Waals surface area contributed by atoms with Gasteiger partial charge < -0.3 is 0 Å². The molecule has 0 unspecified atom stereocenters. The largest absolute Gasteiger partial charge is 0.256 e. The van der Waals surface area contributed by atoms with Crippen LogP contribution in [0.5, 0.6) is 0 Å². The average Bonchev–Trinajstić information content (AvgIpc) is 3.08. The van der Waals surface area contributed by atoms with Crippen LogP contribution in [0.25, 0.3) is 0 Å². The Morgan fingerprint density at radius 2 is 1.11 bits per heavy atom. The van der Waals surface area contributed by atoms with Crippen LogP contribution in [-0.2, 0) is 19.5 Å². The highest BCUT2D eigenvalue weighted by Gasteiger charge is 2.14. The number of nitrogens with zero attached hydrogens (tertiary/aromatic N) is 2. The Morgan fingerprint density at radius 3 is 1.63 bits per heavy atom. The molecule has 0 spiro atoms. The lowest BCUT2D eigenvalue weighted by Crippen LogP contribution is -2.37. The van der Waals surface area contributed by atoms with Gasteiger partial charge in [-0.2, -0.15) is 0 Å². The quantitative estimate of drug-likeness (QED) is 0.173. The topological polar surface area (TPSA) is 8.81 Å². The molecule has 0 aliphatic carbocycles. The molecule has 0 saturated heterocycles. The Labute approximate surface area is 170 Å². The highest BCUT2D eigenvalue weighted by atomic mass is 15.1. The van der Waals surface area contributed by atoms with E-state index in [9.17, 15) is 0 Å². The van der Waals surface area contributed by atoms with Crippen molar-refractivity contribution in [1.29, 1.82) is 0 Å². The zero-order valence-corrected chi connectivity index (χ0v) is 19.0. The Morgan fingerprint density at radius 1 is 0.630 bits per heavy atom. The van der Waals surface area contributed by atoms with Crippen molar-refractivity contribution >= 4 is 0 Å². The second-order valence-electron chi connectivity index (χ2n) is 8.40. The van der Waals surface area contributed by atoms with Gasteiger partial charge in [0.15, 0.2) is 0 Å². The predicted octanol–water partition coefficient (Wildman–Crippen LogP) is 7.62. The monoisotopic (exact) mass is 377 g/mol. The van der Waals surface area contributed by atoms with Gasteiger partial charge in [-0.1, -0.05) is 97.8 Å². The fraction of sp³-hybridized carbons (Fsp3) is 0.880. The lowest BCUT2D eigenvalue weighted by atomic mass is 10.1. The normalized spacial score (nSPS) is 11.4. The Hall–Kier alpha value is -0.790. The molecule has 0 atom stereocenters. The van der Waals surface area contributed by atoms with Gasteiger partial charge in [-0.15, -0.1) is 0 Å². The van der Waals surface area contributed by atoms with E-state index in [1.165, 1.54) is 122 Å². The Bertz CT molecular complexity index is 436. The summed E-state index contributed by atoms with van der Waals surface area (Å²) in [6, 6.07) is 0. The molecule has 1 aromatic heterocycles. The van der Waals surface area contributed by atoms with Gasteiger partial charge in [-0.05, 0) is 25.7 Å². The van der Waals surface area contributed by atoms with E-state index < -0.39 is 0 Å². The number of hydrogen-bond donors (Lipinski definition) is 0. The number of rotatable bonds is 19. The van der Waals surface area contributed by atoms with Gasteiger partial charge in [0.25, 0.3) is 5.82 Å². The summed E-state index contributed by atoms with van der Waals surface area (Å²) >= 11 is 0. The molecule has 2 nitrogen and oxygen atoms in total. The van der Waals surface area contributed by atoms with E-state index in [0.717, 1.165) is 6.42 Å². The summed E-state index contributed by atoms with van der Waals surface area (Å²) in [5.41, 5.74) is 0. The van der Waals surface area contributed by atoms with Crippen molar-refractivity contribution in [2.24, 2.45) is 0 Å². The molecule has 0 bridgehead atoms. The minimum atomic E-state index is 1.15. The highest BCUT2D eigenvalue weighted by molar-refractivity contribution is 4.83. The molecular formula is C25H49N2+. The van der Waals surface area contributed by atoms with Gasteiger partial charge in [-0.3, -0.25) is 0 Å². The molecule has 0 aliphatic heterocycles. The first-order chi connectivity index (χ1) is 13.3.